The molecular formula is C12H23FN6. The molecule has 0 aliphatic rings. The SMILES string of the molecule is CC(F)CCCCC(C)N(N)c1ncnc(N)c1N. The molecule has 108 valence electrons. The fourth-order valence-electron chi connectivity index (χ4n) is 1.82. The normalized spacial score (nSPS) is 14.1. The first-order chi connectivity index (χ1) is 8.93. The lowest BCUT2D eigenvalue weighted by molar-refractivity contribution is 0.328. The number of anilines is 3. The van der Waals surface area contributed by atoms with Gasteiger partial charge in [-0.15, -0.1) is 0 Å². The van der Waals surface area contributed by atoms with Crippen LogP contribution in [0.5, 0.6) is 0 Å². The summed E-state index contributed by atoms with van der Waals surface area (Å²) in [7, 11) is 0. The molecule has 1 aromatic heterocycles. The fraction of sp³-hybridized carbons (Fsp3) is 0.667. The topological polar surface area (TPSA) is 107 Å². The Morgan fingerprint density at radius 3 is 2.47 bits per heavy atom. The number of hydrogen-bond acceptors (Lipinski definition) is 6. The van der Waals surface area contributed by atoms with Gasteiger partial charge in [-0.2, -0.15) is 0 Å². The Bertz CT molecular complexity index is 398. The first kappa shape index (κ1) is 15.4. The lowest BCUT2D eigenvalue weighted by atomic mass is 10.1. The van der Waals surface area contributed by atoms with Gasteiger partial charge in [0.2, 0.25) is 0 Å². The molecule has 1 rings (SSSR count). The molecule has 1 heterocycles. The second kappa shape index (κ2) is 7.08. The van der Waals surface area contributed by atoms with Crippen LogP contribution < -0.4 is 22.3 Å². The molecule has 2 unspecified atom stereocenters. The largest absolute Gasteiger partial charge is 0.393 e. The van der Waals surface area contributed by atoms with E-state index < -0.39 is 6.17 Å². The van der Waals surface area contributed by atoms with E-state index in [0.29, 0.717) is 12.2 Å². The molecule has 0 radical (unpaired) electrons. The second-order valence-electron chi connectivity index (χ2n) is 4.82. The van der Waals surface area contributed by atoms with Crippen molar-refractivity contribution < 1.29 is 4.39 Å². The molecular weight excluding hydrogens is 247 g/mol. The summed E-state index contributed by atoms with van der Waals surface area (Å²) in [4.78, 5) is 7.84. The van der Waals surface area contributed by atoms with Crippen molar-refractivity contribution in [2.75, 3.05) is 16.5 Å². The van der Waals surface area contributed by atoms with Crippen molar-refractivity contribution in [2.24, 2.45) is 5.84 Å². The maximum atomic E-state index is 12.7. The highest BCUT2D eigenvalue weighted by Crippen LogP contribution is 2.24. The van der Waals surface area contributed by atoms with E-state index >= 15 is 0 Å². The van der Waals surface area contributed by atoms with Crippen molar-refractivity contribution >= 4 is 17.3 Å². The van der Waals surface area contributed by atoms with Crippen LogP contribution in [0, 0.1) is 0 Å². The highest BCUT2D eigenvalue weighted by Gasteiger charge is 2.16. The fourth-order valence-corrected chi connectivity index (χ4v) is 1.82. The molecule has 0 fully saturated rings. The molecule has 19 heavy (non-hydrogen) atoms. The zero-order chi connectivity index (χ0) is 14.4. The molecule has 6 nitrogen and oxygen atoms in total. The molecule has 0 bridgehead atoms. The van der Waals surface area contributed by atoms with Gasteiger partial charge in [0.25, 0.3) is 0 Å². The van der Waals surface area contributed by atoms with Gasteiger partial charge in [-0.05, 0) is 26.7 Å². The standard InChI is InChI=1S/C12H23FN6/c1-8(13)5-3-4-6-9(2)19(16)12-10(14)11(15)17-7-18-12/h7-9H,3-6,14,16H2,1-2H3,(H2,15,17,18). The summed E-state index contributed by atoms with van der Waals surface area (Å²) in [5.74, 6) is 6.63. The summed E-state index contributed by atoms with van der Waals surface area (Å²) >= 11 is 0. The maximum absolute atomic E-state index is 12.7. The van der Waals surface area contributed by atoms with Gasteiger partial charge in [-0.25, -0.2) is 20.2 Å². The molecule has 6 N–H and O–H groups in total. The van der Waals surface area contributed by atoms with Crippen LogP contribution >= 0.6 is 0 Å². The van der Waals surface area contributed by atoms with Crippen molar-refractivity contribution in [3.05, 3.63) is 6.33 Å². The Balaban J connectivity index is 2.52. The molecule has 0 saturated heterocycles. The number of hydrogen-bond donors (Lipinski definition) is 3. The molecule has 7 heteroatoms. The number of alkyl halides is 1. The molecule has 0 aliphatic heterocycles. The lowest BCUT2D eigenvalue weighted by Crippen LogP contribution is -2.40. The van der Waals surface area contributed by atoms with Crippen LogP contribution in [-0.4, -0.2) is 22.2 Å². The lowest BCUT2D eigenvalue weighted by Gasteiger charge is -2.26. The summed E-state index contributed by atoms with van der Waals surface area (Å²) in [6.07, 6.45) is 3.76. The molecule has 1 aromatic rings. The van der Waals surface area contributed by atoms with E-state index in [1.165, 1.54) is 11.3 Å². The predicted octanol–water partition coefficient (Wildman–Crippen LogP) is 1.63. The summed E-state index contributed by atoms with van der Waals surface area (Å²) in [5.41, 5.74) is 11.7. The van der Waals surface area contributed by atoms with Gasteiger partial charge in [-0.1, -0.05) is 12.8 Å². The Labute approximate surface area is 113 Å². The minimum atomic E-state index is -0.749. The van der Waals surface area contributed by atoms with Gasteiger partial charge in [0.15, 0.2) is 11.6 Å². The van der Waals surface area contributed by atoms with Crippen LogP contribution in [0.25, 0.3) is 0 Å². The van der Waals surface area contributed by atoms with Gasteiger partial charge < -0.3 is 11.5 Å². The Morgan fingerprint density at radius 2 is 1.84 bits per heavy atom. The van der Waals surface area contributed by atoms with E-state index in [-0.39, 0.29) is 17.5 Å². The first-order valence-corrected chi connectivity index (χ1v) is 6.47. The van der Waals surface area contributed by atoms with Crippen LogP contribution in [0.2, 0.25) is 0 Å². The smallest absolute Gasteiger partial charge is 0.171 e. The number of rotatable bonds is 7. The van der Waals surface area contributed by atoms with E-state index in [1.807, 2.05) is 6.92 Å². The maximum Gasteiger partial charge on any atom is 0.171 e. The van der Waals surface area contributed by atoms with Gasteiger partial charge in [0.1, 0.15) is 12.0 Å². The second-order valence-corrected chi connectivity index (χ2v) is 4.82. The first-order valence-electron chi connectivity index (χ1n) is 6.47. The summed E-state index contributed by atoms with van der Waals surface area (Å²) in [5, 5.41) is 1.49. The van der Waals surface area contributed by atoms with Gasteiger partial charge in [0, 0.05) is 6.04 Å². The van der Waals surface area contributed by atoms with Gasteiger partial charge in [-0.3, -0.25) is 5.01 Å². The number of nitrogen functional groups attached to an aromatic ring is 2. The third-order valence-corrected chi connectivity index (χ3v) is 3.09. The summed E-state index contributed by atoms with van der Waals surface area (Å²) in [6.45, 7) is 3.54. The highest BCUT2D eigenvalue weighted by molar-refractivity contribution is 5.72. The Hall–Kier alpha value is -1.63. The quantitative estimate of drug-likeness (QED) is 0.395. The molecule has 0 aliphatic carbocycles. The number of halogens is 1. The van der Waals surface area contributed by atoms with Crippen LogP contribution in [0.3, 0.4) is 0 Å². The van der Waals surface area contributed by atoms with E-state index in [2.05, 4.69) is 9.97 Å². The van der Waals surface area contributed by atoms with Gasteiger partial charge in [0.05, 0.1) is 6.17 Å². The predicted molar refractivity (Wildman–Crippen MR) is 76.0 cm³/mol. The average Bonchev–Trinajstić information content (AvgIpc) is 2.36. The number of aromatic nitrogens is 2. The Morgan fingerprint density at radius 1 is 1.21 bits per heavy atom. The molecule has 0 aromatic carbocycles. The van der Waals surface area contributed by atoms with Crippen LogP contribution in [0.4, 0.5) is 21.7 Å². The van der Waals surface area contributed by atoms with E-state index in [1.54, 1.807) is 6.92 Å². The molecule has 0 amide bonds. The zero-order valence-electron chi connectivity index (χ0n) is 11.5. The van der Waals surface area contributed by atoms with Crippen LogP contribution in [0.15, 0.2) is 6.33 Å². The number of hydrazine groups is 1. The third kappa shape index (κ3) is 4.51. The summed E-state index contributed by atoms with van der Waals surface area (Å²) < 4.78 is 12.7. The molecule has 0 spiro atoms. The van der Waals surface area contributed by atoms with Crippen molar-refractivity contribution in [2.45, 2.75) is 51.7 Å². The number of unbranched alkanes of at least 4 members (excludes halogenated alkanes) is 1. The van der Waals surface area contributed by atoms with Crippen molar-refractivity contribution in [3.63, 3.8) is 0 Å². The van der Waals surface area contributed by atoms with E-state index in [4.69, 9.17) is 17.3 Å². The van der Waals surface area contributed by atoms with Crippen LogP contribution in [0.1, 0.15) is 39.5 Å². The minimum Gasteiger partial charge on any atom is -0.393 e. The van der Waals surface area contributed by atoms with Crippen molar-refractivity contribution in [3.8, 4) is 0 Å². The average molecular weight is 270 g/mol. The van der Waals surface area contributed by atoms with Gasteiger partial charge >= 0.3 is 0 Å². The minimum absolute atomic E-state index is 0.0477. The number of nitrogens with zero attached hydrogens (tertiary/aromatic N) is 3. The summed E-state index contributed by atoms with van der Waals surface area (Å²) in [6, 6.07) is 0.0477. The highest BCUT2D eigenvalue weighted by atomic mass is 19.1. The van der Waals surface area contributed by atoms with Crippen molar-refractivity contribution in [1.82, 2.24) is 9.97 Å². The van der Waals surface area contributed by atoms with Crippen LogP contribution in [-0.2, 0) is 0 Å². The Kier molecular flexibility index (Phi) is 5.75. The number of nitrogens with two attached hydrogens (primary N) is 3. The zero-order valence-corrected chi connectivity index (χ0v) is 11.5. The monoisotopic (exact) mass is 270 g/mol. The van der Waals surface area contributed by atoms with E-state index in [0.717, 1.165) is 19.3 Å². The third-order valence-electron chi connectivity index (χ3n) is 3.09. The van der Waals surface area contributed by atoms with Crippen molar-refractivity contribution in [1.29, 1.82) is 0 Å². The molecule has 2 atom stereocenters. The molecule has 0 saturated carbocycles. The van der Waals surface area contributed by atoms with E-state index in [9.17, 15) is 4.39 Å².